The summed E-state index contributed by atoms with van der Waals surface area (Å²) >= 11 is 0. The van der Waals surface area contributed by atoms with Crippen molar-refractivity contribution in [2.75, 3.05) is 17.7 Å². The molecule has 0 atom stereocenters. The SMILES string of the molecule is CNc1nc(NC(C2CC2)C2CC2)nc(-n2ccnc2)n1. The zero-order valence-electron chi connectivity index (χ0n) is 12.0. The molecule has 21 heavy (non-hydrogen) atoms. The van der Waals surface area contributed by atoms with Gasteiger partial charge in [-0.3, -0.25) is 4.57 Å². The van der Waals surface area contributed by atoms with Crippen LogP contribution in [0.25, 0.3) is 5.95 Å². The summed E-state index contributed by atoms with van der Waals surface area (Å²) in [6.07, 6.45) is 10.5. The van der Waals surface area contributed by atoms with Crippen LogP contribution in [-0.4, -0.2) is 37.6 Å². The molecular weight excluding hydrogens is 266 g/mol. The van der Waals surface area contributed by atoms with E-state index in [4.69, 9.17) is 0 Å². The molecule has 0 radical (unpaired) electrons. The molecule has 2 aromatic heterocycles. The van der Waals surface area contributed by atoms with E-state index in [9.17, 15) is 0 Å². The van der Waals surface area contributed by atoms with Crippen LogP contribution >= 0.6 is 0 Å². The zero-order chi connectivity index (χ0) is 14.2. The van der Waals surface area contributed by atoms with Crippen LogP contribution in [0.2, 0.25) is 0 Å². The van der Waals surface area contributed by atoms with Crippen molar-refractivity contribution in [1.82, 2.24) is 24.5 Å². The molecule has 2 saturated carbocycles. The molecule has 0 unspecified atom stereocenters. The van der Waals surface area contributed by atoms with Gasteiger partial charge < -0.3 is 10.6 Å². The van der Waals surface area contributed by atoms with Gasteiger partial charge in [0.2, 0.25) is 17.8 Å². The standard InChI is InChI=1S/C14H19N7/c1-15-12-18-13(17-11(9-2-3-9)10-4-5-10)20-14(19-12)21-7-6-16-8-21/h6-11H,2-5H2,1H3,(H2,15,17,18,19,20). The first kappa shape index (κ1) is 12.6. The van der Waals surface area contributed by atoms with Crippen LogP contribution in [0.3, 0.4) is 0 Å². The van der Waals surface area contributed by atoms with Gasteiger partial charge in [0, 0.05) is 25.5 Å². The lowest BCUT2D eigenvalue weighted by Crippen LogP contribution is -2.26. The molecule has 2 N–H and O–H groups in total. The number of hydrogen-bond donors (Lipinski definition) is 2. The molecule has 0 saturated heterocycles. The summed E-state index contributed by atoms with van der Waals surface area (Å²) in [4.78, 5) is 17.4. The fraction of sp³-hybridized carbons (Fsp3) is 0.571. The molecule has 110 valence electrons. The van der Waals surface area contributed by atoms with E-state index in [1.54, 1.807) is 17.1 Å². The second-order valence-electron chi connectivity index (χ2n) is 5.85. The van der Waals surface area contributed by atoms with Crippen LogP contribution in [0.5, 0.6) is 0 Å². The van der Waals surface area contributed by atoms with Crippen molar-refractivity contribution in [2.45, 2.75) is 31.7 Å². The van der Waals surface area contributed by atoms with Crippen LogP contribution in [-0.2, 0) is 0 Å². The van der Waals surface area contributed by atoms with E-state index in [2.05, 4.69) is 30.6 Å². The molecule has 4 rings (SSSR count). The van der Waals surface area contributed by atoms with Gasteiger partial charge in [0.1, 0.15) is 6.33 Å². The van der Waals surface area contributed by atoms with Crippen molar-refractivity contribution >= 4 is 11.9 Å². The smallest absolute Gasteiger partial charge is 0.241 e. The summed E-state index contributed by atoms with van der Waals surface area (Å²) in [7, 11) is 1.82. The molecular formula is C14H19N7. The summed E-state index contributed by atoms with van der Waals surface area (Å²) in [5, 5.41) is 6.54. The number of nitrogens with zero attached hydrogens (tertiary/aromatic N) is 5. The molecule has 7 nitrogen and oxygen atoms in total. The van der Waals surface area contributed by atoms with E-state index in [-0.39, 0.29) is 0 Å². The average molecular weight is 285 g/mol. The summed E-state index contributed by atoms with van der Waals surface area (Å²) < 4.78 is 1.79. The Morgan fingerprint density at radius 1 is 1.10 bits per heavy atom. The Morgan fingerprint density at radius 3 is 2.38 bits per heavy atom. The monoisotopic (exact) mass is 285 g/mol. The van der Waals surface area contributed by atoms with Gasteiger partial charge in [-0.2, -0.15) is 15.0 Å². The van der Waals surface area contributed by atoms with E-state index in [1.165, 1.54) is 25.7 Å². The molecule has 0 aliphatic heterocycles. The molecule has 2 aliphatic rings. The van der Waals surface area contributed by atoms with Gasteiger partial charge in [-0.15, -0.1) is 0 Å². The zero-order valence-corrected chi connectivity index (χ0v) is 12.0. The third-order valence-corrected chi connectivity index (χ3v) is 4.14. The lowest BCUT2D eigenvalue weighted by Gasteiger charge is -2.18. The second kappa shape index (κ2) is 4.98. The highest BCUT2D eigenvalue weighted by molar-refractivity contribution is 5.39. The number of imidazole rings is 1. The Hall–Kier alpha value is -2.18. The fourth-order valence-corrected chi connectivity index (χ4v) is 2.71. The topological polar surface area (TPSA) is 80.5 Å². The van der Waals surface area contributed by atoms with Gasteiger partial charge in [-0.05, 0) is 37.5 Å². The Morgan fingerprint density at radius 2 is 1.81 bits per heavy atom. The van der Waals surface area contributed by atoms with Crippen LogP contribution in [0.1, 0.15) is 25.7 Å². The number of anilines is 2. The van der Waals surface area contributed by atoms with Crippen molar-refractivity contribution in [1.29, 1.82) is 0 Å². The fourth-order valence-electron chi connectivity index (χ4n) is 2.71. The summed E-state index contributed by atoms with van der Waals surface area (Å²) in [6.45, 7) is 0. The predicted octanol–water partition coefficient (Wildman–Crippen LogP) is 1.70. The highest BCUT2D eigenvalue weighted by Crippen LogP contribution is 2.45. The first-order chi connectivity index (χ1) is 10.3. The second-order valence-corrected chi connectivity index (χ2v) is 5.85. The van der Waals surface area contributed by atoms with E-state index in [0.29, 0.717) is 23.9 Å². The molecule has 0 aromatic carbocycles. The van der Waals surface area contributed by atoms with Gasteiger partial charge >= 0.3 is 0 Å². The first-order valence-electron chi connectivity index (χ1n) is 7.52. The Kier molecular flexibility index (Phi) is 2.98. The summed E-state index contributed by atoms with van der Waals surface area (Å²) in [6, 6.07) is 0.521. The Balaban J connectivity index is 1.62. The maximum Gasteiger partial charge on any atom is 0.241 e. The number of nitrogens with one attached hydrogen (secondary N) is 2. The minimum absolute atomic E-state index is 0.521. The highest BCUT2D eigenvalue weighted by Gasteiger charge is 2.41. The minimum atomic E-state index is 0.521. The van der Waals surface area contributed by atoms with E-state index in [1.807, 2.05) is 13.2 Å². The molecule has 2 aromatic rings. The predicted molar refractivity (Wildman–Crippen MR) is 79.4 cm³/mol. The molecule has 7 heteroatoms. The van der Waals surface area contributed by atoms with E-state index >= 15 is 0 Å². The summed E-state index contributed by atoms with van der Waals surface area (Å²) in [5.41, 5.74) is 0. The van der Waals surface area contributed by atoms with Crippen LogP contribution < -0.4 is 10.6 Å². The van der Waals surface area contributed by atoms with E-state index < -0.39 is 0 Å². The lowest BCUT2D eigenvalue weighted by atomic mass is 10.1. The third kappa shape index (κ3) is 2.68. The molecule has 2 fully saturated rings. The summed E-state index contributed by atoms with van der Waals surface area (Å²) in [5.74, 6) is 3.40. The Labute approximate surface area is 123 Å². The first-order valence-corrected chi connectivity index (χ1v) is 7.52. The number of rotatable bonds is 6. The molecule has 2 aliphatic carbocycles. The molecule has 0 spiro atoms. The quantitative estimate of drug-likeness (QED) is 0.841. The Bertz CT molecular complexity index is 604. The van der Waals surface area contributed by atoms with Crippen molar-refractivity contribution in [3.8, 4) is 5.95 Å². The minimum Gasteiger partial charge on any atom is -0.357 e. The average Bonchev–Trinajstić information content (AvgIpc) is 3.44. The van der Waals surface area contributed by atoms with Crippen LogP contribution in [0, 0.1) is 11.8 Å². The highest BCUT2D eigenvalue weighted by atomic mass is 15.3. The lowest BCUT2D eigenvalue weighted by molar-refractivity contribution is 0.562. The van der Waals surface area contributed by atoms with Gasteiger partial charge in [0.25, 0.3) is 0 Å². The van der Waals surface area contributed by atoms with Crippen molar-refractivity contribution in [3.05, 3.63) is 18.7 Å². The van der Waals surface area contributed by atoms with Crippen LogP contribution in [0.4, 0.5) is 11.9 Å². The largest absolute Gasteiger partial charge is 0.357 e. The maximum absolute atomic E-state index is 4.53. The van der Waals surface area contributed by atoms with Gasteiger partial charge in [0.15, 0.2) is 0 Å². The van der Waals surface area contributed by atoms with Gasteiger partial charge in [-0.25, -0.2) is 4.98 Å². The molecule has 2 heterocycles. The normalized spacial score (nSPS) is 18.0. The number of aromatic nitrogens is 5. The van der Waals surface area contributed by atoms with Crippen LogP contribution in [0.15, 0.2) is 18.7 Å². The maximum atomic E-state index is 4.53. The van der Waals surface area contributed by atoms with Gasteiger partial charge in [-0.1, -0.05) is 0 Å². The molecule has 0 amide bonds. The third-order valence-electron chi connectivity index (χ3n) is 4.14. The van der Waals surface area contributed by atoms with Crippen molar-refractivity contribution in [2.24, 2.45) is 11.8 Å². The number of hydrogen-bond acceptors (Lipinski definition) is 6. The van der Waals surface area contributed by atoms with Crippen molar-refractivity contribution < 1.29 is 0 Å². The van der Waals surface area contributed by atoms with E-state index in [0.717, 1.165) is 11.8 Å². The van der Waals surface area contributed by atoms with Gasteiger partial charge in [0.05, 0.1) is 0 Å². The van der Waals surface area contributed by atoms with Crippen molar-refractivity contribution in [3.63, 3.8) is 0 Å². The molecule has 0 bridgehead atoms.